The van der Waals surface area contributed by atoms with Crippen molar-refractivity contribution in [3.8, 4) is 0 Å². The van der Waals surface area contributed by atoms with E-state index in [2.05, 4.69) is 29.3 Å². The Labute approximate surface area is 89.8 Å². The molecule has 1 heterocycles. The van der Waals surface area contributed by atoms with Gasteiger partial charge in [0.25, 0.3) is 5.95 Å². The number of rotatable bonds is 4. The molecule has 1 saturated carbocycles. The number of hydrogen-bond donors (Lipinski definition) is 1. The van der Waals surface area contributed by atoms with E-state index in [1.54, 1.807) is 0 Å². The molecule has 0 saturated heterocycles. The Balaban J connectivity index is 2.15. The molecular formula is C10H18N4O. The van der Waals surface area contributed by atoms with Crippen LogP contribution in [0.15, 0.2) is 4.52 Å². The van der Waals surface area contributed by atoms with Crippen LogP contribution in [0, 0.1) is 0 Å². The molecule has 0 atom stereocenters. The van der Waals surface area contributed by atoms with E-state index in [1.807, 2.05) is 19.0 Å². The van der Waals surface area contributed by atoms with Crippen molar-refractivity contribution in [1.29, 1.82) is 0 Å². The maximum absolute atomic E-state index is 5.29. The molecule has 15 heavy (non-hydrogen) atoms. The normalized spacial score (nSPS) is 18.2. The van der Waals surface area contributed by atoms with Crippen LogP contribution >= 0.6 is 0 Å². The van der Waals surface area contributed by atoms with Crippen molar-refractivity contribution >= 4 is 5.95 Å². The largest absolute Gasteiger partial charge is 0.344 e. The summed E-state index contributed by atoms with van der Waals surface area (Å²) in [5, 5.41) is 7.41. The molecule has 0 spiro atoms. The maximum Gasteiger partial charge on any atom is 0.265 e. The second-order valence-corrected chi connectivity index (χ2v) is 4.68. The molecule has 5 nitrogen and oxygen atoms in total. The zero-order valence-corrected chi connectivity index (χ0v) is 9.74. The van der Waals surface area contributed by atoms with Crippen molar-refractivity contribution < 1.29 is 4.52 Å². The predicted octanol–water partition coefficient (Wildman–Crippen LogP) is 1.12. The fourth-order valence-electron chi connectivity index (χ4n) is 1.69. The van der Waals surface area contributed by atoms with Gasteiger partial charge in [0.15, 0.2) is 0 Å². The molecule has 1 fully saturated rings. The van der Waals surface area contributed by atoms with Crippen molar-refractivity contribution in [2.45, 2.75) is 38.3 Å². The summed E-state index contributed by atoms with van der Waals surface area (Å²) in [7, 11) is 3.81. The molecule has 0 aliphatic heterocycles. The highest BCUT2D eigenvalue weighted by atomic mass is 16.5. The summed E-state index contributed by atoms with van der Waals surface area (Å²) in [4.78, 5) is 6.23. The molecule has 1 aromatic heterocycles. The molecule has 1 aliphatic rings. The number of anilines is 1. The Bertz CT molecular complexity index is 341. The molecule has 1 aliphatic carbocycles. The van der Waals surface area contributed by atoms with Crippen molar-refractivity contribution in [3.63, 3.8) is 0 Å². The first-order valence-corrected chi connectivity index (χ1v) is 5.33. The van der Waals surface area contributed by atoms with Crippen molar-refractivity contribution in [2.75, 3.05) is 19.0 Å². The Hall–Kier alpha value is -1.10. The highest BCUT2D eigenvalue weighted by Gasteiger charge is 2.49. The molecule has 0 amide bonds. The third kappa shape index (κ3) is 1.97. The zero-order valence-electron chi connectivity index (χ0n) is 9.74. The van der Waals surface area contributed by atoms with Crippen LogP contribution < -0.4 is 10.2 Å². The van der Waals surface area contributed by atoms with Crippen LogP contribution in [0.25, 0.3) is 0 Å². The number of aromatic nitrogens is 2. The summed E-state index contributed by atoms with van der Waals surface area (Å²) in [6, 6.07) is 0.433. The average molecular weight is 210 g/mol. The zero-order chi connectivity index (χ0) is 11.1. The minimum atomic E-state index is -0.0462. The van der Waals surface area contributed by atoms with Crippen LogP contribution in [0.5, 0.6) is 0 Å². The molecular weight excluding hydrogens is 192 g/mol. The Morgan fingerprint density at radius 2 is 2.07 bits per heavy atom. The summed E-state index contributed by atoms with van der Waals surface area (Å²) in [6.07, 6.45) is 2.17. The lowest BCUT2D eigenvalue weighted by Gasteiger charge is -2.15. The third-order valence-electron chi connectivity index (χ3n) is 2.54. The van der Waals surface area contributed by atoms with Crippen LogP contribution in [0.1, 0.15) is 32.6 Å². The lowest BCUT2D eigenvalue weighted by atomic mass is 10.2. The van der Waals surface area contributed by atoms with Gasteiger partial charge in [0.05, 0.1) is 5.54 Å². The number of hydrogen-bond acceptors (Lipinski definition) is 5. The molecule has 84 valence electrons. The van der Waals surface area contributed by atoms with E-state index in [0.29, 0.717) is 12.0 Å². The van der Waals surface area contributed by atoms with Crippen molar-refractivity contribution in [2.24, 2.45) is 0 Å². The fourth-order valence-corrected chi connectivity index (χ4v) is 1.69. The molecule has 0 bridgehead atoms. The molecule has 0 radical (unpaired) electrons. The van der Waals surface area contributed by atoms with Gasteiger partial charge >= 0.3 is 0 Å². The minimum absolute atomic E-state index is 0.0462. The Morgan fingerprint density at radius 3 is 2.47 bits per heavy atom. The fraction of sp³-hybridized carbons (Fsp3) is 0.800. The van der Waals surface area contributed by atoms with Crippen LogP contribution in [0.4, 0.5) is 5.95 Å². The summed E-state index contributed by atoms with van der Waals surface area (Å²) < 4.78 is 5.29. The summed E-state index contributed by atoms with van der Waals surface area (Å²) in [5.41, 5.74) is -0.0462. The second-order valence-electron chi connectivity index (χ2n) is 4.68. The van der Waals surface area contributed by atoms with Gasteiger partial charge in [0, 0.05) is 20.1 Å². The smallest absolute Gasteiger partial charge is 0.265 e. The van der Waals surface area contributed by atoms with E-state index in [4.69, 9.17) is 4.52 Å². The number of nitrogens with zero attached hydrogens (tertiary/aromatic N) is 3. The van der Waals surface area contributed by atoms with Gasteiger partial charge in [-0.15, -0.1) is 0 Å². The van der Waals surface area contributed by atoms with E-state index < -0.39 is 0 Å². The van der Waals surface area contributed by atoms with Gasteiger partial charge in [-0.1, -0.05) is 0 Å². The van der Waals surface area contributed by atoms with E-state index in [9.17, 15) is 0 Å². The van der Waals surface area contributed by atoms with Crippen molar-refractivity contribution in [3.05, 3.63) is 5.89 Å². The molecule has 0 unspecified atom stereocenters. The van der Waals surface area contributed by atoms with Crippen molar-refractivity contribution in [1.82, 2.24) is 15.5 Å². The summed E-state index contributed by atoms with van der Waals surface area (Å²) >= 11 is 0. The van der Waals surface area contributed by atoms with Gasteiger partial charge in [-0.2, -0.15) is 4.98 Å². The van der Waals surface area contributed by atoms with Gasteiger partial charge in [0.1, 0.15) is 0 Å². The van der Waals surface area contributed by atoms with E-state index in [0.717, 1.165) is 18.7 Å². The van der Waals surface area contributed by atoms with Crippen LogP contribution in [0.2, 0.25) is 0 Å². The molecule has 1 N–H and O–H groups in total. The molecule has 5 heteroatoms. The lowest BCUT2D eigenvalue weighted by molar-refractivity contribution is 0.307. The van der Waals surface area contributed by atoms with Crippen LogP contribution in [-0.4, -0.2) is 30.3 Å². The van der Waals surface area contributed by atoms with Crippen LogP contribution in [-0.2, 0) is 5.54 Å². The summed E-state index contributed by atoms with van der Waals surface area (Å²) in [5.74, 6) is 1.36. The monoisotopic (exact) mass is 210 g/mol. The SMILES string of the molecule is CC(C)NC1(c2nc(N(C)C)no2)CC1. The van der Waals surface area contributed by atoms with E-state index in [1.165, 1.54) is 0 Å². The first-order chi connectivity index (χ1) is 7.03. The number of nitrogens with one attached hydrogen (secondary N) is 1. The Kier molecular flexibility index (Phi) is 2.42. The first kappa shape index (κ1) is 10.4. The Morgan fingerprint density at radius 1 is 1.40 bits per heavy atom. The van der Waals surface area contributed by atoms with Gasteiger partial charge in [0.2, 0.25) is 5.89 Å². The quantitative estimate of drug-likeness (QED) is 0.807. The topological polar surface area (TPSA) is 54.2 Å². The van der Waals surface area contributed by atoms with Crippen LogP contribution in [0.3, 0.4) is 0 Å². The predicted molar refractivity (Wildman–Crippen MR) is 57.8 cm³/mol. The lowest BCUT2D eigenvalue weighted by Crippen LogP contribution is -2.35. The third-order valence-corrected chi connectivity index (χ3v) is 2.54. The molecule has 1 aromatic rings. The van der Waals surface area contributed by atoms with Gasteiger partial charge in [-0.25, -0.2) is 0 Å². The highest BCUT2D eigenvalue weighted by Crippen LogP contribution is 2.45. The standard InChI is InChI=1S/C10H18N4O/c1-7(2)12-10(5-6-10)8-11-9(13-15-8)14(3)4/h7,12H,5-6H2,1-4H3. The molecule has 0 aromatic carbocycles. The van der Waals surface area contributed by atoms with E-state index in [-0.39, 0.29) is 5.54 Å². The van der Waals surface area contributed by atoms with E-state index >= 15 is 0 Å². The summed E-state index contributed by atoms with van der Waals surface area (Å²) in [6.45, 7) is 4.26. The first-order valence-electron chi connectivity index (χ1n) is 5.33. The van der Waals surface area contributed by atoms with Gasteiger partial charge in [-0.3, -0.25) is 0 Å². The van der Waals surface area contributed by atoms with Gasteiger partial charge < -0.3 is 14.7 Å². The minimum Gasteiger partial charge on any atom is -0.344 e. The second kappa shape index (κ2) is 3.48. The molecule has 2 rings (SSSR count). The highest BCUT2D eigenvalue weighted by molar-refractivity contribution is 5.27. The maximum atomic E-state index is 5.29. The van der Waals surface area contributed by atoms with Gasteiger partial charge in [-0.05, 0) is 31.8 Å². The average Bonchev–Trinajstić information content (AvgIpc) is 2.75.